The van der Waals surface area contributed by atoms with Gasteiger partial charge in [0, 0.05) is 52.7 Å². The Morgan fingerprint density at radius 1 is 0.484 bits per heavy atom. The van der Waals surface area contributed by atoms with Crippen LogP contribution in [0.1, 0.15) is 23.1 Å². The first kappa shape index (κ1) is 40.8. The number of rotatable bonds is 13. The molecule has 0 radical (unpaired) electrons. The van der Waals surface area contributed by atoms with E-state index in [0.717, 1.165) is 73.6 Å². The van der Waals surface area contributed by atoms with E-state index in [9.17, 15) is 9.59 Å². The first-order chi connectivity index (χ1) is 30.2. The maximum absolute atomic E-state index is 11.7. The Kier molecular flexibility index (Phi) is 12.2. The molecular weight excluding hydrogens is 765 g/mol. The van der Waals surface area contributed by atoms with Crippen LogP contribution in [0.5, 0.6) is 5.75 Å². The summed E-state index contributed by atoms with van der Waals surface area (Å²) in [6, 6.07) is 59.1. The smallest absolute Gasteiger partial charge is 0.335 e. The normalized spacial score (nSPS) is 13.1. The number of allylic oxidation sites excluding steroid dienone is 2. The predicted octanol–water partition coefficient (Wildman–Crippen LogP) is 14.1. The lowest BCUT2D eigenvalue weighted by molar-refractivity contribution is -0.140. The third-order valence-electron chi connectivity index (χ3n) is 10.8. The van der Waals surface area contributed by atoms with Crippen molar-refractivity contribution in [1.82, 2.24) is 0 Å². The number of ether oxygens (including phenoxy) is 2. The van der Waals surface area contributed by atoms with E-state index in [4.69, 9.17) is 9.47 Å². The number of carbonyl (C=O) groups is 2. The Morgan fingerprint density at radius 3 is 1.16 bits per heavy atom. The van der Waals surface area contributed by atoms with Gasteiger partial charge in [-0.15, -0.1) is 0 Å². The highest BCUT2D eigenvalue weighted by molar-refractivity contribution is 5.85. The van der Waals surface area contributed by atoms with Gasteiger partial charge in [0.05, 0.1) is 0 Å². The quantitative estimate of drug-likeness (QED) is 0.0657. The van der Waals surface area contributed by atoms with Crippen LogP contribution in [-0.4, -0.2) is 18.0 Å². The van der Waals surface area contributed by atoms with Gasteiger partial charge < -0.3 is 19.3 Å². The molecule has 0 bridgehead atoms. The molecule has 8 rings (SSSR count). The number of benzene rings is 7. The van der Waals surface area contributed by atoms with Crippen LogP contribution >= 0.6 is 0 Å². The van der Waals surface area contributed by atoms with Gasteiger partial charge in [-0.2, -0.15) is 0 Å². The van der Waals surface area contributed by atoms with E-state index in [1.807, 2.05) is 24.3 Å². The lowest BCUT2D eigenvalue weighted by Crippen LogP contribution is -2.15. The number of hydrogen-bond acceptors (Lipinski definition) is 6. The molecule has 6 nitrogen and oxygen atoms in total. The average molecular weight is 811 g/mol. The number of anilines is 6. The molecule has 304 valence electrons. The molecule has 1 atom stereocenters. The van der Waals surface area contributed by atoms with E-state index in [0.29, 0.717) is 12.2 Å². The fourth-order valence-electron chi connectivity index (χ4n) is 7.47. The number of carbonyl (C=O) groups excluding carboxylic acids is 2. The van der Waals surface area contributed by atoms with Crippen LogP contribution in [0.15, 0.2) is 213 Å². The summed E-state index contributed by atoms with van der Waals surface area (Å²) in [6.45, 7) is 11.2. The van der Waals surface area contributed by atoms with Crippen LogP contribution in [-0.2, 0) is 14.3 Å². The van der Waals surface area contributed by atoms with Gasteiger partial charge in [0.1, 0.15) is 11.9 Å². The van der Waals surface area contributed by atoms with Crippen molar-refractivity contribution < 1.29 is 19.1 Å². The zero-order valence-electron chi connectivity index (χ0n) is 34.8. The molecule has 0 amide bonds. The first-order valence-electron chi connectivity index (χ1n) is 20.6. The number of aryl methyl sites for hydroxylation is 2. The van der Waals surface area contributed by atoms with Crippen molar-refractivity contribution in [2.45, 2.75) is 26.4 Å². The van der Waals surface area contributed by atoms with Crippen molar-refractivity contribution >= 4 is 51.6 Å². The lowest BCUT2D eigenvalue weighted by Gasteiger charge is -2.27. The van der Waals surface area contributed by atoms with Gasteiger partial charge >= 0.3 is 11.9 Å². The second-order valence-corrected chi connectivity index (χ2v) is 15.1. The van der Waals surface area contributed by atoms with Crippen LogP contribution in [0.2, 0.25) is 0 Å². The van der Waals surface area contributed by atoms with Crippen LogP contribution in [0.3, 0.4) is 0 Å². The SMILES string of the molecule is C=CC(=O)Oc1ccc(-c2ccc(N(c3ccc(C4=CC[C@H](OC(=O)C=C)C=C4)cc3)c3ccc(-c4ccc(N(c5ccc(C)cc5)c5ccc(C)cc5)cc4)cc3)cc2)cc1. The molecule has 1 aliphatic rings. The Hall–Kier alpha value is -7.96. The van der Waals surface area contributed by atoms with Crippen molar-refractivity contribution in [3.05, 3.63) is 230 Å². The summed E-state index contributed by atoms with van der Waals surface area (Å²) in [7, 11) is 0. The fraction of sp³-hybridized carbons (Fsp3) is 0.0714. The molecule has 62 heavy (non-hydrogen) atoms. The van der Waals surface area contributed by atoms with E-state index in [2.05, 4.69) is 188 Å². The zero-order chi connectivity index (χ0) is 43.0. The van der Waals surface area contributed by atoms with Crippen LogP contribution < -0.4 is 14.5 Å². The minimum absolute atomic E-state index is 0.303. The van der Waals surface area contributed by atoms with Crippen LogP contribution in [0.4, 0.5) is 34.1 Å². The molecule has 0 aromatic heterocycles. The van der Waals surface area contributed by atoms with E-state index in [-0.39, 0.29) is 6.10 Å². The first-order valence-corrected chi connectivity index (χ1v) is 20.6. The Balaban J connectivity index is 1.08. The largest absolute Gasteiger partial charge is 0.455 e. The molecule has 1 aliphatic carbocycles. The maximum Gasteiger partial charge on any atom is 0.335 e. The zero-order valence-corrected chi connectivity index (χ0v) is 34.8. The van der Waals surface area contributed by atoms with Gasteiger partial charge in [-0.25, -0.2) is 9.59 Å². The summed E-state index contributed by atoms with van der Waals surface area (Å²) < 4.78 is 10.7. The minimum atomic E-state index is -0.493. The molecule has 0 saturated heterocycles. The fourth-order valence-corrected chi connectivity index (χ4v) is 7.47. The highest BCUT2D eigenvalue weighted by atomic mass is 16.5. The van der Waals surface area contributed by atoms with Gasteiger partial charge in [-0.1, -0.05) is 121 Å². The van der Waals surface area contributed by atoms with Crippen molar-refractivity contribution in [3.8, 4) is 28.0 Å². The molecule has 0 aliphatic heterocycles. The van der Waals surface area contributed by atoms with E-state index in [1.165, 1.54) is 17.2 Å². The highest BCUT2D eigenvalue weighted by Gasteiger charge is 2.17. The van der Waals surface area contributed by atoms with Crippen molar-refractivity contribution in [2.75, 3.05) is 9.80 Å². The minimum Gasteiger partial charge on any atom is -0.455 e. The summed E-state index contributed by atoms with van der Waals surface area (Å²) in [4.78, 5) is 27.9. The monoisotopic (exact) mass is 810 g/mol. The Bertz CT molecular complexity index is 2700. The summed E-state index contributed by atoms with van der Waals surface area (Å²) in [5.41, 5.74) is 15.1. The molecule has 0 spiro atoms. The molecule has 0 N–H and O–H groups in total. The van der Waals surface area contributed by atoms with Crippen molar-refractivity contribution in [3.63, 3.8) is 0 Å². The summed E-state index contributed by atoms with van der Waals surface area (Å²) in [6.07, 6.45) is 8.64. The third kappa shape index (κ3) is 9.41. The van der Waals surface area contributed by atoms with Gasteiger partial charge in [0.2, 0.25) is 0 Å². The van der Waals surface area contributed by atoms with Crippen molar-refractivity contribution in [1.29, 1.82) is 0 Å². The number of nitrogens with zero attached hydrogens (tertiary/aromatic N) is 2. The molecule has 7 aromatic rings. The predicted molar refractivity (Wildman–Crippen MR) is 254 cm³/mol. The molecule has 0 unspecified atom stereocenters. The summed E-state index contributed by atoms with van der Waals surface area (Å²) >= 11 is 0. The second kappa shape index (κ2) is 18.5. The average Bonchev–Trinajstić information content (AvgIpc) is 3.32. The number of esters is 2. The van der Waals surface area contributed by atoms with E-state index < -0.39 is 11.9 Å². The van der Waals surface area contributed by atoms with E-state index in [1.54, 1.807) is 12.1 Å². The van der Waals surface area contributed by atoms with Gasteiger partial charge in [-0.3, -0.25) is 0 Å². The lowest BCUT2D eigenvalue weighted by atomic mass is 9.98. The molecule has 0 saturated carbocycles. The van der Waals surface area contributed by atoms with Gasteiger partial charge in [-0.05, 0) is 138 Å². The van der Waals surface area contributed by atoms with Gasteiger partial charge in [0.15, 0.2) is 0 Å². The highest BCUT2D eigenvalue weighted by Crippen LogP contribution is 2.39. The molecule has 0 heterocycles. The van der Waals surface area contributed by atoms with Crippen LogP contribution in [0.25, 0.3) is 27.8 Å². The maximum atomic E-state index is 11.7. The Labute approximate surface area is 363 Å². The molecule has 0 fully saturated rings. The summed E-state index contributed by atoms with van der Waals surface area (Å²) in [5.74, 6) is -0.456. The summed E-state index contributed by atoms with van der Waals surface area (Å²) in [5, 5.41) is 0. The Morgan fingerprint density at radius 2 is 0.823 bits per heavy atom. The molecule has 7 aromatic carbocycles. The van der Waals surface area contributed by atoms with Gasteiger partial charge in [0.25, 0.3) is 0 Å². The standard InChI is InChI=1S/C56H46N2O4/c1-5-55(59)61-53-35-19-45(20-36-53)43-15-31-51(32-16-43)58(52-33-17-44(18-34-52)46-21-37-54(38-22-46)62-56(60)6-2)50-29-13-42(14-30-50)41-11-27-49(28-12-41)57(47-23-7-39(3)8-24-47)48-25-9-40(4)10-26-48/h5-37,54H,1-2,38H2,3-4H3/t54-/m1/s1. The van der Waals surface area contributed by atoms with Crippen LogP contribution in [0, 0.1) is 13.8 Å². The van der Waals surface area contributed by atoms with E-state index >= 15 is 0 Å². The third-order valence-corrected chi connectivity index (χ3v) is 10.8. The molecule has 6 heteroatoms. The number of hydrogen-bond donors (Lipinski definition) is 0. The van der Waals surface area contributed by atoms with Crippen molar-refractivity contribution in [2.24, 2.45) is 0 Å². The second-order valence-electron chi connectivity index (χ2n) is 15.1. The topological polar surface area (TPSA) is 59.1 Å². The molecular formula is C56H46N2O4.